The molecule has 2 amide bonds. The second-order valence-electron chi connectivity index (χ2n) is 7.06. The Morgan fingerprint density at radius 1 is 1.29 bits per heavy atom. The van der Waals surface area contributed by atoms with Crippen LogP contribution in [0, 0.1) is 5.92 Å². The molecule has 28 heavy (non-hydrogen) atoms. The fourth-order valence-electron chi connectivity index (χ4n) is 3.60. The molecule has 0 aliphatic carbocycles. The molecule has 2 aromatic heterocycles. The van der Waals surface area contributed by atoms with Gasteiger partial charge < -0.3 is 15.2 Å². The topological polar surface area (TPSA) is 91.0 Å². The monoisotopic (exact) mass is 377 g/mol. The molecule has 1 aromatic carbocycles. The summed E-state index contributed by atoms with van der Waals surface area (Å²) in [6.45, 7) is 3.09. The van der Waals surface area contributed by atoms with Gasteiger partial charge in [-0.05, 0) is 43.2 Å². The number of Topliss-reactive ketones (excluding diaryl/α,β-unsaturated/α-hetero) is 1. The number of aromatic amines is 1. The zero-order chi connectivity index (χ0) is 19.5. The summed E-state index contributed by atoms with van der Waals surface area (Å²) in [6.07, 6.45) is 4.03. The number of rotatable bonds is 4. The summed E-state index contributed by atoms with van der Waals surface area (Å²) in [7, 11) is 0. The van der Waals surface area contributed by atoms with Gasteiger partial charge in [-0.2, -0.15) is 0 Å². The normalized spacial score (nSPS) is 16.9. The number of fused-ring (bicyclic) bond motifs is 1. The van der Waals surface area contributed by atoms with Crippen LogP contribution < -0.4 is 5.32 Å². The smallest absolute Gasteiger partial charge is 0.321 e. The van der Waals surface area contributed by atoms with Crippen LogP contribution in [0.25, 0.3) is 11.0 Å². The number of piperidine rings is 1. The Balaban J connectivity index is 1.43. The lowest BCUT2D eigenvalue weighted by molar-refractivity contribution is 0.0846. The third kappa shape index (κ3) is 3.74. The Bertz CT molecular complexity index is 998. The lowest BCUT2D eigenvalue weighted by Crippen LogP contribution is -2.44. The molecule has 0 spiro atoms. The summed E-state index contributed by atoms with van der Waals surface area (Å²) in [5.41, 5.74) is 2.96. The number of nitrogens with zero attached hydrogens (tertiary/aromatic N) is 3. The molecule has 7 heteroatoms. The van der Waals surface area contributed by atoms with Crippen molar-refractivity contribution in [2.45, 2.75) is 26.2 Å². The molecule has 1 atom stereocenters. The van der Waals surface area contributed by atoms with Crippen molar-refractivity contribution in [1.29, 1.82) is 0 Å². The summed E-state index contributed by atoms with van der Waals surface area (Å²) in [5, 5.41) is 2.94. The zero-order valence-corrected chi connectivity index (χ0v) is 15.8. The molecular formula is C21H23N5O2. The second-order valence-corrected chi connectivity index (χ2v) is 7.06. The number of urea groups is 1. The number of aromatic nitrogens is 3. The van der Waals surface area contributed by atoms with Gasteiger partial charge in [0.15, 0.2) is 5.78 Å². The largest absolute Gasteiger partial charge is 0.342 e. The van der Waals surface area contributed by atoms with Crippen molar-refractivity contribution >= 4 is 28.5 Å². The minimum Gasteiger partial charge on any atom is -0.342 e. The van der Waals surface area contributed by atoms with Crippen LogP contribution in [0.1, 0.15) is 36.1 Å². The number of amides is 2. The first-order chi connectivity index (χ1) is 13.6. The van der Waals surface area contributed by atoms with E-state index in [1.165, 1.54) is 0 Å². The molecule has 0 saturated carbocycles. The van der Waals surface area contributed by atoms with Crippen LogP contribution in [0.5, 0.6) is 0 Å². The number of hydrogen-bond donors (Lipinski definition) is 2. The number of ketones is 1. The van der Waals surface area contributed by atoms with Crippen LogP contribution in [0.4, 0.5) is 10.5 Å². The average molecular weight is 377 g/mol. The number of H-pyrrole nitrogens is 1. The molecule has 4 rings (SSSR count). The van der Waals surface area contributed by atoms with Crippen molar-refractivity contribution in [3.8, 4) is 0 Å². The van der Waals surface area contributed by atoms with Crippen LogP contribution in [0.3, 0.4) is 0 Å². The van der Waals surface area contributed by atoms with Gasteiger partial charge in [-0.25, -0.2) is 9.78 Å². The van der Waals surface area contributed by atoms with E-state index in [0.29, 0.717) is 24.5 Å². The van der Waals surface area contributed by atoms with Gasteiger partial charge in [-0.3, -0.25) is 9.78 Å². The highest BCUT2D eigenvalue weighted by Gasteiger charge is 2.29. The van der Waals surface area contributed by atoms with E-state index in [1.54, 1.807) is 23.2 Å². The Morgan fingerprint density at radius 3 is 2.96 bits per heavy atom. The standard InChI is InChI=1S/C21H23N5O2/c1-2-19-24-16-9-8-15(12-18(16)25-19)23-21(28)26-11-5-6-14(13-26)20(27)17-7-3-4-10-22-17/h3-4,7-10,12,14H,2,5-6,11,13H2,1H3,(H,23,28)(H,24,25). The molecule has 0 radical (unpaired) electrons. The van der Waals surface area contributed by atoms with Gasteiger partial charge in [-0.15, -0.1) is 0 Å². The van der Waals surface area contributed by atoms with Gasteiger partial charge in [0, 0.05) is 37.3 Å². The Labute approximate surface area is 163 Å². The number of likely N-dealkylation sites (tertiary alicyclic amines) is 1. The number of carbonyl (C=O) groups excluding carboxylic acids is 2. The highest BCUT2D eigenvalue weighted by Crippen LogP contribution is 2.22. The van der Waals surface area contributed by atoms with Crippen molar-refractivity contribution in [2.75, 3.05) is 18.4 Å². The fourth-order valence-corrected chi connectivity index (χ4v) is 3.60. The van der Waals surface area contributed by atoms with E-state index in [0.717, 1.165) is 36.1 Å². The third-order valence-electron chi connectivity index (χ3n) is 5.11. The molecule has 3 heterocycles. The quantitative estimate of drug-likeness (QED) is 0.679. The third-order valence-corrected chi connectivity index (χ3v) is 5.11. The molecule has 1 aliphatic rings. The molecule has 0 bridgehead atoms. The predicted octanol–water partition coefficient (Wildman–Crippen LogP) is 3.65. The molecule has 1 fully saturated rings. The lowest BCUT2D eigenvalue weighted by Gasteiger charge is -2.31. The minimum absolute atomic E-state index is 0.00377. The molecule has 7 nitrogen and oxygen atoms in total. The van der Waals surface area contributed by atoms with Crippen LogP contribution >= 0.6 is 0 Å². The first kappa shape index (κ1) is 18.2. The van der Waals surface area contributed by atoms with E-state index in [4.69, 9.17) is 0 Å². The summed E-state index contributed by atoms with van der Waals surface area (Å²) >= 11 is 0. The van der Waals surface area contributed by atoms with Crippen molar-refractivity contribution in [2.24, 2.45) is 5.92 Å². The molecule has 1 saturated heterocycles. The van der Waals surface area contributed by atoms with Gasteiger partial charge in [0.2, 0.25) is 0 Å². The Hall–Kier alpha value is -3.22. The number of nitrogens with one attached hydrogen (secondary N) is 2. The molecular weight excluding hydrogens is 354 g/mol. The van der Waals surface area contributed by atoms with Gasteiger partial charge in [0.25, 0.3) is 0 Å². The maximum atomic E-state index is 12.7. The predicted molar refractivity (Wildman–Crippen MR) is 107 cm³/mol. The van der Waals surface area contributed by atoms with Gasteiger partial charge in [-0.1, -0.05) is 13.0 Å². The second kappa shape index (κ2) is 7.80. The summed E-state index contributed by atoms with van der Waals surface area (Å²) in [4.78, 5) is 39.0. The lowest BCUT2D eigenvalue weighted by atomic mass is 9.92. The minimum atomic E-state index is -0.211. The van der Waals surface area contributed by atoms with Gasteiger partial charge in [0.05, 0.1) is 11.0 Å². The van der Waals surface area contributed by atoms with E-state index in [2.05, 4.69) is 20.3 Å². The number of carbonyl (C=O) groups is 2. The van der Waals surface area contributed by atoms with Crippen molar-refractivity contribution in [3.05, 3.63) is 54.1 Å². The Morgan fingerprint density at radius 2 is 2.18 bits per heavy atom. The van der Waals surface area contributed by atoms with E-state index >= 15 is 0 Å². The van der Waals surface area contributed by atoms with Gasteiger partial charge >= 0.3 is 6.03 Å². The van der Waals surface area contributed by atoms with Crippen LogP contribution in [-0.2, 0) is 6.42 Å². The maximum Gasteiger partial charge on any atom is 0.321 e. The number of benzene rings is 1. The number of anilines is 1. The SMILES string of the molecule is CCc1nc2ccc(NC(=O)N3CCCC(C(=O)c4ccccn4)C3)cc2[nH]1. The molecule has 2 N–H and O–H groups in total. The van der Waals surface area contributed by atoms with E-state index in [9.17, 15) is 9.59 Å². The zero-order valence-electron chi connectivity index (χ0n) is 15.8. The molecule has 1 aliphatic heterocycles. The van der Waals surface area contributed by atoms with Crippen molar-refractivity contribution < 1.29 is 9.59 Å². The number of pyridine rings is 1. The van der Waals surface area contributed by atoms with Crippen LogP contribution in [-0.4, -0.2) is 44.8 Å². The fraction of sp³-hybridized carbons (Fsp3) is 0.333. The van der Waals surface area contributed by atoms with Crippen LogP contribution in [0.2, 0.25) is 0 Å². The first-order valence-electron chi connectivity index (χ1n) is 9.64. The van der Waals surface area contributed by atoms with Crippen LogP contribution in [0.15, 0.2) is 42.6 Å². The number of hydrogen-bond acceptors (Lipinski definition) is 4. The van der Waals surface area contributed by atoms with Crippen molar-refractivity contribution in [1.82, 2.24) is 19.9 Å². The number of imidazole rings is 1. The van der Waals surface area contributed by atoms with E-state index in [-0.39, 0.29) is 17.7 Å². The maximum absolute atomic E-state index is 12.7. The van der Waals surface area contributed by atoms with Crippen molar-refractivity contribution in [3.63, 3.8) is 0 Å². The Kier molecular flexibility index (Phi) is 5.06. The highest BCUT2D eigenvalue weighted by molar-refractivity contribution is 5.97. The van der Waals surface area contributed by atoms with E-state index < -0.39 is 0 Å². The van der Waals surface area contributed by atoms with Gasteiger partial charge in [0.1, 0.15) is 11.5 Å². The van der Waals surface area contributed by atoms with E-state index in [1.807, 2.05) is 31.2 Å². The summed E-state index contributed by atoms with van der Waals surface area (Å²) in [5.74, 6) is 0.714. The molecule has 1 unspecified atom stereocenters. The molecule has 3 aromatic rings. The summed E-state index contributed by atoms with van der Waals surface area (Å²) < 4.78 is 0. The first-order valence-corrected chi connectivity index (χ1v) is 9.64. The molecule has 144 valence electrons. The highest BCUT2D eigenvalue weighted by atomic mass is 16.2. The average Bonchev–Trinajstić information content (AvgIpc) is 3.16. The summed E-state index contributed by atoms with van der Waals surface area (Å²) in [6, 6.07) is 10.8. The number of aryl methyl sites for hydroxylation is 1.